The molecule has 0 aliphatic heterocycles. The quantitative estimate of drug-likeness (QED) is 0.779. The maximum atomic E-state index is 11.2. The predicted octanol–water partition coefficient (Wildman–Crippen LogP) is 3.83. The molecule has 2 heteroatoms. The molecule has 0 radical (unpaired) electrons. The van der Waals surface area contributed by atoms with Crippen LogP contribution in [0.4, 0.5) is 0 Å². The lowest BCUT2D eigenvalue weighted by Gasteiger charge is -2.23. The number of fused-ring (bicyclic) bond motifs is 1. The fraction of sp³-hybridized carbons (Fsp3) is 0.353. The lowest BCUT2D eigenvalue weighted by Crippen LogP contribution is -2.16. The first kappa shape index (κ1) is 12.2. The van der Waals surface area contributed by atoms with Crippen LogP contribution in [0.5, 0.6) is 0 Å². The van der Waals surface area contributed by atoms with E-state index in [9.17, 15) is 4.79 Å². The van der Waals surface area contributed by atoms with Crippen molar-refractivity contribution in [2.24, 2.45) is 5.92 Å². The lowest BCUT2D eigenvalue weighted by atomic mass is 9.82. The van der Waals surface area contributed by atoms with Crippen LogP contribution in [0.1, 0.15) is 40.8 Å². The van der Waals surface area contributed by atoms with Gasteiger partial charge >= 0.3 is 0 Å². The Kier molecular flexibility index (Phi) is 3.24. The van der Waals surface area contributed by atoms with Crippen molar-refractivity contribution in [1.29, 1.82) is 0 Å². The minimum Gasteiger partial charge on any atom is -0.458 e. The van der Waals surface area contributed by atoms with E-state index < -0.39 is 0 Å². The standard InChI is InChI=1S/C17H18O2/c1-12(18)17-9-8-16(19-17)11-13-6-7-14-4-2-3-5-15(14)10-13/h2-5,8-9,13H,6-7,10-11H2,1H3. The molecule has 0 saturated heterocycles. The molecule has 1 aromatic carbocycles. The van der Waals surface area contributed by atoms with Gasteiger partial charge in [-0.3, -0.25) is 4.79 Å². The van der Waals surface area contributed by atoms with Crippen molar-refractivity contribution in [2.45, 2.75) is 32.6 Å². The van der Waals surface area contributed by atoms with E-state index >= 15 is 0 Å². The molecule has 1 atom stereocenters. The van der Waals surface area contributed by atoms with Crippen LogP contribution in [0.3, 0.4) is 0 Å². The number of carbonyl (C=O) groups is 1. The Morgan fingerprint density at radius 3 is 2.74 bits per heavy atom. The predicted molar refractivity (Wildman–Crippen MR) is 74.4 cm³/mol. The number of Topliss-reactive ketones (excluding diaryl/α,β-unsaturated/α-hetero) is 1. The highest BCUT2D eigenvalue weighted by atomic mass is 16.3. The number of benzene rings is 1. The summed E-state index contributed by atoms with van der Waals surface area (Å²) in [5.41, 5.74) is 2.96. The van der Waals surface area contributed by atoms with Crippen molar-refractivity contribution in [2.75, 3.05) is 0 Å². The number of rotatable bonds is 3. The molecule has 1 heterocycles. The summed E-state index contributed by atoms with van der Waals surface area (Å²) < 4.78 is 5.59. The summed E-state index contributed by atoms with van der Waals surface area (Å²) >= 11 is 0. The van der Waals surface area contributed by atoms with Crippen molar-refractivity contribution in [3.05, 3.63) is 59.0 Å². The van der Waals surface area contributed by atoms with E-state index in [-0.39, 0.29) is 5.78 Å². The van der Waals surface area contributed by atoms with Gasteiger partial charge in [0.2, 0.25) is 0 Å². The highest BCUT2D eigenvalue weighted by molar-refractivity contribution is 5.91. The first-order valence-electron chi connectivity index (χ1n) is 6.89. The van der Waals surface area contributed by atoms with Crippen LogP contribution in [0.15, 0.2) is 40.8 Å². The molecule has 0 fully saturated rings. The number of furan rings is 1. The van der Waals surface area contributed by atoms with Gasteiger partial charge in [-0.1, -0.05) is 24.3 Å². The molecular weight excluding hydrogens is 236 g/mol. The van der Waals surface area contributed by atoms with Crippen LogP contribution in [-0.2, 0) is 19.3 Å². The molecular formula is C17H18O2. The van der Waals surface area contributed by atoms with Gasteiger partial charge in [-0.05, 0) is 48.4 Å². The first-order valence-corrected chi connectivity index (χ1v) is 6.89. The third-order valence-corrected chi connectivity index (χ3v) is 3.95. The Morgan fingerprint density at radius 1 is 1.21 bits per heavy atom. The van der Waals surface area contributed by atoms with Crippen LogP contribution in [-0.4, -0.2) is 5.78 Å². The summed E-state index contributed by atoms with van der Waals surface area (Å²) in [4.78, 5) is 11.2. The molecule has 0 bridgehead atoms. The first-order chi connectivity index (χ1) is 9.22. The Bertz CT molecular complexity index is 595. The van der Waals surface area contributed by atoms with Crippen LogP contribution < -0.4 is 0 Å². The lowest BCUT2D eigenvalue weighted by molar-refractivity contribution is 0.0985. The summed E-state index contributed by atoms with van der Waals surface area (Å²) in [6.07, 6.45) is 4.40. The van der Waals surface area contributed by atoms with Gasteiger partial charge in [0.1, 0.15) is 5.76 Å². The Balaban J connectivity index is 1.70. The second-order valence-electron chi connectivity index (χ2n) is 5.40. The van der Waals surface area contributed by atoms with Crippen molar-refractivity contribution < 1.29 is 9.21 Å². The molecule has 0 spiro atoms. The van der Waals surface area contributed by atoms with Crippen LogP contribution in [0.2, 0.25) is 0 Å². The van der Waals surface area contributed by atoms with Gasteiger partial charge in [-0.2, -0.15) is 0 Å². The second-order valence-corrected chi connectivity index (χ2v) is 5.40. The van der Waals surface area contributed by atoms with Gasteiger partial charge in [0.05, 0.1) is 0 Å². The van der Waals surface area contributed by atoms with E-state index in [1.807, 2.05) is 6.07 Å². The minimum atomic E-state index is 0.000222. The van der Waals surface area contributed by atoms with Gasteiger partial charge < -0.3 is 4.42 Å². The molecule has 0 N–H and O–H groups in total. The summed E-state index contributed by atoms with van der Waals surface area (Å²) in [5.74, 6) is 2.04. The zero-order valence-electron chi connectivity index (χ0n) is 11.2. The third kappa shape index (κ3) is 2.62. The van der Waals surface area contributed by atoms with Crippen LogP contribution in [0, 0.1) is 5.92 Å². The SMILES string of the molecule is CC(=O)c1ccc(CC2CCc3ccccc3C2)o1. The van der Waals surface area contributed by atoms with E-state index in [0.29, 0.717) is 11.7 Å². The fourth-order valence-corrected chi connectivity index (χ4v) is 2.91. The number of carbonyl (C=O) groups excluding carboxylic acids is 1. The van der Waals surface area contributed by atoms with E-state index in [0.717, 1.165) is 25.0 Å². The smallest absolute Gasteiger partial charge is 0.194 e. The average Bonchev–Trinajstić information content (AvgIpc) is 2.87. The average molecular weight is 254 g/mol. The van der Waals surface area contributed by atoms with Gasteiger partial charge in [-0.25, -0.2) is 0 Å². The Hall–Kier alpha value is -1.83. The number of ketones is 1. The normalized spacial score (nSPS) is 18.1. The highest BCUT2D eigenvalue weighted by Gasteiger charge is 2.20. The van der Waals surface area contributed by atoms with Crippen LogP contribution in [0.25, 0.3) is 0 Å². The molecule has 1 aliphatic rings. The van der Waals surface area contributed by atoms with E-state index in [4.69, 9.17) is 4.42 Å². The molecule has 1 aliphatic carbocycles. The maximum Gasteiger partial charge on any atom is 0.194 e. The molecule has 0 amide bonds. The second kappa shape index (κ2) is 5.04. The molecule has 1 unspecified atom stereocenters. The Labute approximate surface area is 113 Å². The number of hydrogen-bond acceptors (Lipinski definition) is 2. The fourth-order valence-electron chi connectivity index (χ4n) is 2.91. The molecule has 19 heavy (non-hydrogen) atoms. The molecule has 98 valence electrons. The van der Waals surface area contributed by atoms with Crippen LogP contribution >= 0.6 is 0 Å². The van der Waals surface area contributed by atoms with Crippen molar-refractivity contribution in [1.82, 2.24) is 0 Å². The molecule has 2 nitrogen and oxygen atoms in total. The summed E-state index contributed by atoms with van der Waals surface area (Å²) in [7, 11) is 0. The van der Waals surface area contributed by atoms with Gasteiger partial charge in [-0.15, -0.1) is 0 Å². The summed E-state index contributed by atoms with van der Waals surface area (Å²) in [6.45, 7) is 1.54. The molecule has 2 aromatic rings. The van der Waals surface area contributed by atoms with Crippen molar-refractivity contribution in [3.8, 4) is 0 Å². The van der Waals surface area contributed by atoms with Gasteiger partial charge in [0.25, 0.3) is 0 Å². The van der Waals surface area contributed by atoms with E-state index in [1.54, 1.807) is 13.0 Å². The summed E-state index contributed by atoms with van der Waals surface area (Å²) in [6, 6.07) is 12.4. The highest BCUT2D eigenvalue weighted by Crippen LogP contribution is 2.28. The maximum absolute atomic E-state index is 11.2. The van der Waals surface area contributed by atoms with Gasteiger partial charge in [0.15, 0.2) is 11.5 Å². The zero-order valence-corrected chi connectivity index (χ0v) is 11.2. The van der Waals surface area contributed by atoms with Crippen molar-refractivity contribution in [3.63, 3.8) is 0 Å². The van der Waals surface area contributed by atoms with Gasteiger partial charge in [0, 0.05) is 13.3 Å². The number of aryl methyl sites for hydroxylation is 1. The minimum absolute atomic E-state index is 0.000222. The van der Waals surface area contributed by atoms with Crippen molar-refractivity contribution >= 4 is 5.78 Å². The van der Waals surface area contributed by atoms with E-state index in [2.05, 4.69) is 24.3 Å². The Morgan fingerprint density at radius 2 is 2.00 bits per heavy atom. The molecule has 0 saturated carbocycles. The number of hydrogen-bond donors (Lipinski definition) is 0. The summed E-state index contributed by atoms with van der Waals surface area (Å²) in [5, 5.41) is 0. The molecule has 1 aromatic heterocycles. The monoisotopic (exact) mass is 254 g/mol. The largest absolute Gasteiger partial charge is 0.458 e. The van der Waals surface area contributed by atoms with E-state index in [1.165, 1.54) is 17.5 Å². The molecule has 3 rings (SSSR count). The zero-order chi connectivity index (χ0) is 13.2. The topological polar surface area (TPSA) is 30.2 Å². The third-order valence-electron chi connectivity index (χ3n) is 3.95.